The van der Waals surface area contributed by atoms with Gasteiger partial charge in [0.1, 0.15) is 0 Å². The van der Waals surface area contributed by atoms with Crippen molar-refractivity contribution in [1.82, 2.24) is 14.8 Å². The molecule has 0 aliphatic carbocycles. The van der Waals surface area contributed by atoms with Gasteiger partial charge in [0.25, 0.3) is 5.92 Å². The third-order valence-electron chi connectivity index (χ3n) is 4.58. The maximum absolute atomic E-state index is 14.2. The topological polar surface area (TPSA) is 72.0 Å². The van der Waals surface area contributed by atoms with Crippen LogP contribution in [-0.4, -0.2) is 64.7 Å². The molecule has 1 aromatic rings. The van der Waals surface area contributed by atoms with Crippen LogP contribution in [0.1, 0.15) is 25.7 Å². The monoisotopic (exact) mass is 423 g/mol. The maximum atomic E-state index is 14.2. The van der Waals surface area contributed by atoms with Gasteiger partial charge in [-0.25, -0.2) is 18.6 Å². The van der Waals surface area contributed by atoms with Gasteiger partial charge in [-0.1, -0.05) is 0 Å². The molecule has 0 N–H and O–H groups in total. The molecule has 0 bridgehead atoms. The second-order valence-corrected chi connectivity index (χ2v) is 6.89. The van der Waals surface area contributed by atoms with Crippen LogP contribution in [0.2, 0.25) is 0 Å². The minimum Gasteiger partial charge on any atom is -0.409 e. The highest BCUT2D eigenvalue weighted by molar-refractivity contribution is 5.77. The lowest BCUT2D eigenvalue weighted by molar-refractivity contribution is -0.276. The number of aromatic nitrogens is 1. The third kappa shape index (κ3) is 5.67. The summed E-state index contributed by atoms with van der Waals surface area (Å²) in [6.45, 7) is -0.650. The predicted octanol–water partition coefficient (Wildman–Crippen LogP) is 3.20. The SMILES string of the molecule is O=C(Oc1ccc(OC(F)(F)F)nc1)N1C[C@H](N2CCCCC2=O)CC(F)(F)C1. The van der Waals surface area contributed by atoms with Crippen molar-refractivity contribution in [2.24, 2.45) is 0 Å². The number of hydrogen-bond donors (Lipinski definition) is 0. The lowest BCUT2D eigenvalue weighted by Crippen LogP contribution is -2.59. The molecule has 12 heteroatoms. The molecule has 0 radical (unpaired) electrons. The van der Waals surface area contributed by atoms with Gasteiger partial charge in [0.15, 0.2) is 5.75 Å². The van der Waals surface area contributed by atoms with Crippen LogP contribution < -0.4 is 9.47 Å². The molecule has 0 saturated carbocycles. The number of piperidine rings is 2. The number of hydrogen-bond acceptors (Lipinski definition) is 5. The van der Waals surface area contributed by atoms with Crippen molar-refractivity contribution < 1.29 is 41.0 Å². The molecule has 2 amide bonds. The molecule has 1 atom stereocenters. The van der Waals surface area contributed by atoms with Crippen LogP contribution in [0.25, 0.3) is 0 Å². The van der Waals surface area contributed by atoms with E-state index in [1.165, 1.54) is 4.90 Å². The predicted molar refractivity (Wildman–Crippen MR) is 87.4 cm³/mol. The zero-order valence-corrected chi connectivity index (χ0v) is 15.1. The van der Waals surface area contributed by atoms with Crippen LogP contribution in [0.4, 0.5) is 26.7 Å². The van der Waals surface area contributed by atoms with Crippen LogP contribution in [0.3, 0.4) is 0 Å². The number of nitrogens with zero attached hydrogens (tertiary/aromatic N) is 3. The Bertz CT molecular complexity index is 756. The molecule has 2 saturated heterocycles. The average molecular weight is 423 g/mol. The Morgan fingerprint density at radius 1 is 1.24 bits per heavy atom. The minimum atomic E-state index is -4.93. The van der Waals surface area contributed by atoms with E-state index in [0.717, 1.165) is 23.2 Å². The van der Waals surface area contributed by atoms with Gasteiger partial charge in [-0.2, -0.15) is 0 Å². The first kappa shape index (κ1) is 21.1. The number of amides is 2. The van der Waals surface area contributed by atoms with Crippen LogP contribution in [0, 0.1) is 0 Å². The molecule has 3 heterocycles. The number of pyridine rings is 1. The highest BCUT2D eigenvalue weighted by Crippen LogP contribution is 2.32. The van der Waals surface area contributed by atoms with Crippen molar-refractivity contribution in [3.05, 3.63) is 18.3 Å². The van der Waals surface area contributed by atoms with Gasteiger partial charge in [0.2, 0.25) is 11.8 Å². The van der Waals surface area contributed by atoms with E-state index in [0.29, 0.717) is 19.4 Å². The van der Waals surface area contributed by atoms with Crippen molar-refractivity contribution in [2.75, 3.05) is 19.6 Å². The van der Waals surface area contributed by atoms with E-state index in [1.54, 1.807) is 0 Å². The summed E-state index contributed by atoms with van der Waals surface area (Å²) in [6, 6.07) is 0.996. The molecule has 160 valence electrons. The van der Waals surface area contributed by atoms with Gasteiger partial charge in [-0.15, -0.1) is 13.2 Å². The molecule has 2 aliphatic heterocycles. The lowest BCUT2D eigenvalue weighted by Gasteiger charge is -2.43. The van der Waals surface area contributed by atoms with E-state index in [1.807, 2.05) is 0 Å². The Labute approximate surface area is 162 Å². The van der Waals surface area contributed by atoms with Crippen LogP contribution >= 0.6 is 0 Å². The first-order chi connectivity index (χ1) is 13.5. The smallest absolute Gasteiger partial charge is 0.409 e. The second kappa shape index (κ2) is 7.99. The Balaban J connectivity index is 1.65. The van der Waals surface area contributed by atoms with E-state index < -0.39 is 43.3 Å². The molecule has 0 aromatic carbocycles. The first-order valence-electron chi connectivity index (χ1n) is 8.88. The zero-order chi connectivity index (χ0) is 21.2. The fourth-order valence-corrected chi connectivity index (χ4v) is 3.40. The lowest BCUT2D eigenvalue weighted by atomic mass is 9.98. The van der Waals surface area contributed by atoms with Crippen molar-refractivity contribution in [2.45, 2.75) is 44.0 Å². The summed E-state index contributed by atoms with van der Waals surface area (Å²) < 4.78 is 73.3. The molecule has 29 heavy (non-hydrogen) atoms. The summed E-state index contributed by atoms with van der Waals surface area (Å²) in [6.07, 6.45) is -4.08. The van der Waals surface area contributed by atoms with Crippen molar-refractivity contribution in [3.8, 4) is 11.6 Å². The molecule has 0 unspecified atom stereocenters. The van der Waals surface area contributed by atoms with E-state index >= 15 is 0 Å². The summed E-state index contributed by atoms with van der Waals surface area (Å²) in [4.78, 5) is 29.9. The van der Waals surface area contributed by atoms with Crippen LogP contribution in [-0.2, 0) is 4.79 Å². The van der Waals surface area contributed by atoms with Gasteiger partial charge in [-0.3, -0.25) is 9.69 Å². The summed E-state index contributed by atoms with van der Waals surface area (Å²) in [5.74, 6) is -4.42. The van der Waals surface area contributed by atoms with Crippen molar-refractivity contribution in [3.63, 3.8) is 0 Å². The van der Waals surface area contributed by atoms with Gasteiger partial charge < -0.3 is 14.4 Å². The maximum Gasteiger partial charge on any atom is 0.574 e. The summed E-state index contributed by atoms with van der Waals surface area (Å²) in [5.41, 5.74) is 0. The number of alkyl halides is 5. The number of ether oxygens (including phenoxy) is 2. The summed E-state index contributed by atoms with van der Waals surface area (Å²) in [5, 5.41) is 0. The quantitative estimate of drug-likeness (QED) is 0.699. The van der Waals surface area contributed by atoms with Gasteiger partial charge in [0, 0.05) is 32.0 Å². The number of likely N-dealkylation sites (tertiary alicyclic amines) is 2. The van der Waals surface area contributed by atoms with Crippen LogP contribution in [0.5, 0.6) is 11.6 Å². The largest absolute Gasteiger partial charge is 0.574 e. The molecule has 2 fully saturated rings. The number of carbonyl (C=O) groups is 2. The molecule has 0 spiro atoms. The number of rotatable bonds is 3. The normalized spacial score (nSPS) is 22.4. The van der Waals surface area contributed by atoms with Crippen LogP contribution in [0.15, 0.2) is 18.3 Å². The number of halogens is 5. The van der Waals surface area contributed by atoms with E-state index in [-0.39, 0.29) is 24.6 Å². The Hall–Kier alpha value is -2.66. The third-order valence-corrected chi connectivity index (χ3v) is 4.58. The second-order valence-electron chi connectivity index (χ2n) is 6.89. The highest BCUT2D eigenvalue weighted by Gasteiger charge is 2.45. The Morgan fingerprint density at radius 2 is 2.00 bits per heavy atom. The molecule has 2 aliphatic rings. The fraction of sp³-hybridized carbons (Fsp3) is 0.588. The molecule has 7 nitrogen and oxygen atoms in total. The molecule has 3 rings (SSSR count). The zero-order valence-electron chi connectivity index (χ0n) is 15.1. The highest BCUT2D eigenvalue weighted by atomic mass is 19.4. The van der Waals surface area contributed by atoms with Gasteiger partial charge in [0.05, 0.1) is 18.8 Å². The number of carbonyl (C=O) groups excluding carboxylic acids is 2. The van der Waals surface area contributed by atoms with Gasteiger partial charge in [-0.05, 0) is 18.9 Å². The average Bonchev–Trinajstić information content (AvgIpc) is 2.61. The Morgan fingerprint density at radius 3 is 2.62 bits per heavy atom. The Kier molecular flexibility index (Phi) is 5.80. The standard InChI is InChI=1S/C17H18F5N3O4/c18-16(19)7-11(25-6-2-1-3-14(25)26)9-24(10-16)15(27)28-12-4-5-13(23-8-12)29-17(20,21)22/h4-5,8,11H,1-3,6-7,9-10H2/t11-/m1/s1. The molecular weight excluding hydrogens is 405 g/mol. The molecular formula is C17H18F5N3O4. The minimum absolute atomic E-state index is 0.122. The first-order valence-corrected chi connectivity index (χ1v) is 8.88. The van der Waals surface area contributed by atoms with E-state index in [4.69, 9.17) is 4.74 Å². The molecule has 1 aromatic heterocycles. The summed E-state index contributed by atoms with van der Waals surface area (Å²) in [7, 11) is 0. The fourth-order valence-electron chi connectivity index (χ4n) is 3.40. The van der Waals surface area contributed by atoms with Gasteiger partial charge >= 0.3 is 12.5 Å². The van der Waals surface area contributed by atoms with Crippen molar-refractivity contribution >= 4 is 12.0 Å². The van der Waals surface area contributed by atoms with Crippen molar-refractivity contribution in [1.29, 1.82) is 0 Å². The van der Waals surface area contributed by atoms with E-state index in [2.05, 4.69) is 9.72 Å². The summed E-state index contributed by atoms with van der Waals surface area (Å²) >= 11 is 0. The van der Waals surface area contributed by atoms with E-state index in [9.17, 15) is 31.5 Å².